The van der Waals surface area contributed by atoms with E-state index in [0.29, 0.717) is 5.92 Å². The monoisotopic (exact) mass is 312 g/mol. The van der Waals surface area contributed by atoms with Crippen molar-refractivity contribution in [2.45, 2.75) is 57.2 Å². The number of hydrogen-bond acceptors (Lipinski definition) is 3. The highest BCUT2D eigenvalue weighted by atomic mass is 32.2. The van der Waals surface area contributed by atoms with Crippen molar-refractivity contribution in [3.8, 4) is 0 Å². The maximum Gasteiger partial charge on any atom is 0.279 e. The minimum absolute atomic E-state index is 0.0902. The van der Waals surface area contributed by atoms with Crippen molar-refractivity contribution >= 4 is 10.2 Å². The predicted octanol–water partition coefficient (Wildman–Crippen LogP) is 1.37. The Morgan fingerprint density at radius 2 is 2.05 bits per heavy atom. The van der Waals surface area contributed by atoms with Gasteiger partial charge in [0.05, 0.1) is 6.33 Å². The summed E-state index contributed by atoms with van der Waals surface area (Å²) in [4.78, 5) is 4.02. The number of nitrogens with one attached hydrogen (secondary N) is 1. The van der Waals surface area contributed by atoms with Gasteiger partial charge in [-0.05, 0) is 31.6 Å². The average molecular weight is 312 g/mol. The standard InChI is InChI=1S/C14H24N4O2S/c1-17(14-4-2-3-5-14)21(19,20)16-13-8-12(9-13)10-18-7-6-15-11-18/h6-7,11-14,16H,2-5,8-10H2,1H3. The summed E-state index contributed by atoms with van der Waals surface area (Å²) in [6, 6.07) is 0.275. The summed E-state index contributed by atoms with van der Waals surface area (Å²) in [6.45, 7) is 0.927. The van der Waals surface area contributed by atoms with Crippen molar-refractivity contribution in [1.29, 1.82) is 0 Å². The predicted molar refractivity (Wildman–Crippen MR) is 80.8 cm³/mol. The van der Waals surface area contributed by atoms with Gasteiger partial charge in [-0.15, -0.1) is 0 Å². The van der Waals surface area contributed by atoms with E-state index < -0.39 is 10.2 Å². The number of rotatable bonds is 6. The maximum absolute atomic E-state index is 12.3. The highest BCUT2D eigenvalue weighted by Gasteiger charge is 2.35. The van der Waals surface area contributed by atoms with E-state index in [1.54, 1.807) is 17.5 Å². The van der Waals surface area contributed by atoms with Gasteiger partial charge in [-0.1, -0.05) is 12.8 Å². The van der Waals surface area contributed by atoms with Crippen LogP contribution in [-0.4, -0.2) is 41.4 Å². The van der Waals surface area contributed by atoms with E-state index in [2.05, 4.69) is 14.3 Å². The van der Waals surface area contributed by atoms with Crippen molar-refractivity contribution in [2.24, 2.45) is 5.92 Å². The Labute approximate surface area is 126 Å². The molecule has 1 aromatic heterocycles. The Morgan fingerprint density at radius 1 is 1.33 bits per heavy atom. The molecule has 0 atom stereocenters. The van der Waals surface area contributed by atoms with E-state index >= 15 is 0 Å². The van der Waals surface area contributed by atoms with Crippen LogP contribution in [0.4, 0.5) is 0 Å². The van der Waals surface area contributed by atoms with Gasteiger partial charge in [0.25, 0.3) is 10.2 Å². The van der Waals surface area contributed by atoms with Crippen molar-refractivity contribution in [1.82, 2.24) is 18.6 Å². The molecular weight excluding hydrogens is 288 g/mol. The van der Waals surface area contributed by atoms with Crippen molar-refractivity contribution in [3.63, 3.8) is 0 Å². The number of nitrogens with zero attached hydrogens (tertiary/aromatic N) is 3. The lowest BCUT2D eigenvalue weighted by atomic mass is 9.81. The summed E-state index contributed by atoms with van der Waals surface area (Å²) in [5, 5.41) is 0. The van der Waals surface area contributed by atoms with Crippen molar-refractivity contribution in [2.75, 3.05) is 7.05 Å². The molecule has 21 heavy (non-hydrogen) atoms. The molecule has 0 spiro atoms. The van der Waals surface area contributed by atoms with Crippen LogP contribution in [-0.2, 0) is 16.8 Å². The first-order chi connectivity index (χ1) is 10.0. The smallest absolute Gasteiger partial charge is 0.279 e. The summed E-state index contributed by atoms with van der Waals surface area (Å²) >= 11 is 0. The van der Waals surface area contributed by atoms with Crippen LogP contribution in [0.1, 0.15) is 38.5 Å². The highest BCUT2D eigenvalue weighted by Crippen LogP contribution is 2.30. The first-order valence-electron chi connectivity index (χ1n) is 7.75. The molecule has 0 saturated heterocycles. The molecule has 3 rings (SSSR count). The Morgan fingerprint density at radius 3 is 2.67 bits per heavy atom. The van der Waals surface area contributed by atoms with Gasteiger partial charge in [0.2, 0.25) is 0 Å². The molecule has 0 aliphatic heterocycles. The first-order valence-corrected chi connectivity index (χ1v) is 9.19. The number of hydrogen-bond donors (Lipinski definition) is 1. The molecule has 0 bridgehead atoms. The van der Waals surface area contributed by atoms with Crippen LogP contribution in [0, 0.1) is 5.92 Å². The molecule has 0 radical (unpaired) electrons. The summed E-state index contributed by atoms with van der Waals surface area (Å²) in [5.41, 5.74) is 0. The van der Waals surface area contributed by atoms with Gasteiger partial charge < -0.3 is 4.57 Å². The second kappa shape index (κ2) is 6.06. The van der Waals surface area contributed by atoms with Crippen molar-refractivity contribution < 1.29 is 8.42 Å². The van der Waals surface area contributed by atoms with E-state index in [0.717, 1.165) is 45.1 Å². The molecule has 0 unspecified atom stereocenters. The molecule has 0 amide bonds. The van der Waals surface area contributed by atoms with Gasteiger partial charge in [0.1, 0.15) is 0 Å². The molecule has 7 heteroatoms. The molecule has 6 nitrogen and oxygen atoms in total. The van der Waals surface area contributed by atoms with Gasteiger partial charge in [-0.3, -0.25) is 0 Å². The fraction of sp³-hybridized carbons (Fsp3) is 0.786. The van der Waals surface area contributed by atoms with Gasteiger partial charge >= 0.3 is 0 Å². The number of aromatic nitrogens is 2. The van der Waals surface area contributed by atoms with Gasteiger partial charge in [-0.2, -0.15) is 17.4 Å². The fourth-order valence-corrected chi connectivity index (χ4v) is 4.82. The van der Waals surface area contributed by atoms with Crippen molar-refractivity contribution in [3.05, 3.63) is 18.7 Å². The maximum atomic E-state index is 12.3. The molecule has 2 saturated carbocycles. The zero-order chi connectivity index (χ0) is 14.9. The summed E-state index contributed by atoms with van der Waals surface area (Å²) in [6.07, 6.45) is 11.6. The van der Waals surface area contributed by atoms with Crippen LogP contribution in [0.5, 0.6) is 0 Å². The lowest BCUT2D eigenvalue weighted by molar-refractivity contribution is 0.216. The van der Waals surface area contributed by atoms with Gasteiger partial charge in [0, 0.05) is 38.1 Å². The third kappa shape index (κ3) is 3.46. The third-order valence-electron chi connectivity index (χ3n) is 4.80. The molecule has 1 aromatic rings. The zero-order valence-corrected chi connectivity index (χ0v) is 13.3. The normalized spacial score (nSPS) is 27.1. The first kappa shape index (κ1) is 15.0. The lowest BCUT2D eigenvalue weighted by Crippen LogP contribution is -2.51. The second-order valence-electron chi connectivity index (χ2n) is 6.37. The summed E-state index contributed by atoms with van der Waals surface area (Å²) < 4.78 is 31.1. The quantitative estimate of drug-likeness (QED) is 0.862. The molecule has 1 N–H and O–H groups in total. The van der Waals surface area contributed by atoms with Crippen LogP contribution in [0.3, 0.4) is 0 Å². The fourth-order valence-electron chi connectivity index (χ4n) is 3.43. The van der Waals surface area contributed by atoms with E-state index in [4.69, 9.17) is 0 Å². The Bertz CT molecular complexity index is 546. The van der Waals surface area contributed by atoms with E-state index in [-0.39, 0.29) is 12.1 Å². The van der Waals surface area contributed by atoms with Crippen LogP contribution in [0.2, 0.25) is 0 Å². The third-order valence-corrected chi connectivity index (χ3v) is 6.49. The zero-order valence-electron chi connectivity index (χ0n) is 12.5. The van der Waals surface area contributed by atoms with Crippen LogP contribution in [0.15, 0.2) is 18.7 Å². The van der Waals surface area contributed by atoms with Crippen LogP contribution >= 0.6 is 0 Å². The number of imidazole rings is 1. The van der Waals surface area contributed by atoms with E-state index in [9.17, 15) is 8.42 Å². The minimum Gasteiger partial charge on any atom is -0.337 e. The minimum atomic E-state index is -3.33. The molecule has 2 aliphatic carbocycles. The van der Waals surface area contributed by atoms with Gasteiger partial charge in [-0.25, -0.2) is 4.98 Å². The Hall–Kier alpha value is -0.920. The van der Waals surface area contributed by atoms with Crippen LogP contribution < -0.4 is 4.72 Å². The molecule has 2 aliphatic rings. The highest BCUT2D eigenvalue weighted by molar-refractivity contribution is 7.87. The summed E-state index contributed by atoms with van der Waals surface area (Å²) in [7, 11) is -1.62. The molecule has 2 fully saturated rings. The molecular formula is C14H24N4O2S. The second-order valence-corrected chi connectivity index (χ2v) is 8.13. The SMILES string of the molecule is CN(C1CCCC1)S(=O)(=O)NC1CC(Cn2ccnc2)C1. The Balaban J connectivity index is 1.46. The lowest BCUT2D eigenvalue weighted by Gasteiger charge is -2.37. The molecule has 1 heterocycles. The average Bonchev–Trinajstić information content (AvgIpc) is 3.08. The van der Waals surface area contributed by atoms with Crippen LogP contribution in [0.25, 0.3) is 0 Å². The van der Waals surface area contributed by atoms with E-state index in [1.165, 1.54) is 0 Å². The largest absolute Gasteiger partial charge is 0.337 e. The van der Waals surface area contributed by atoms with E-state index in [1.807, 2.05) is 12.5 Å². The topological polar surface area (TPSA) is 67.2 Å². The Kier molecular flexibility index (Phi) is 4.33. The molecule has 118 valence electrons. The van der Waals surface area contributed by atoms with Gasteiger partial charge in [0.15, 0.2) is 0 Å². The molecule has 0 aromatic carbocycles. The summed E-state index contributed by atoms with van der Waals surface area (Å²) in [5.74, 6) is 0.545.